The van der Waals surface area contributed by atoms with Gasteiger partial charge in [-0.15, -0.1) is 0 Å². The molecule has 0 radical (unpaired) electrons. The molecule has 0 aliphatic carbocycles. The molecule has 9 heteroatoms. The van der Waals surface area contributed by atoms with Crippen molar-refractivity contribution in [1.29, 1.82) is 0 Å². The van der Waals surface area contributed by atoms with E-state index in [9.17, 15) is 14.7 Å². The summed E-state index contributed by atoms with van der Waals surface area (Å²) < 4.78 is 0. The van der Waals surface area contributed by atoms with Crippen LogP contribution < -0.4 is 16.0 Å². The highest BCUT2D eigenvalue weighted by atomic mass is 16.4. The number of carboxylic acid groups (broad SMARTS) is 1. The average Bonchev–Trinajstić information content (AvgIpc) is 3.08. The molecule has 4 rings (SSSR count). The zero-order valence-corrected chi connectivity index (χ0v) is 16.2. The topological polar surface area (TPSA) is 134 Å². The van der Waals surface area contributed by atoms with E-state index in [0.29, 0.717) is 24.2 Å². The first-order chi connectivity index (χ1) is 14.4. The van der Waals surface area contributed by atoms with Crippen LogP contribution in [0.5, 0.6) is 0 Å². The van der Waals surface area contributed by atoms with Crippen LogP contribution in [0.2, 0.25) is 0 Å². The lowest BCUT2D eigenvalue weighted by atomic mass is 10.0. The third-order valence-electron chi connectivity index (χ3n) is 4.93. The molecule has 1 aliphatic rings. The van der Waals surface area contributed by atoms with E-state index in [-0.39, 0.29) is 29.3 Å². The average molecular weight is 404 g/mol. The van der Waals surface area contributed by atoms with E-state index in [2.05, 4.69) is 20.3 Å². The number of nitrogens with one attached hydrogen (secondary N) is 1. The van der Waals surface area contributed by atoms with Crippen molar-refractivity contribution in [1.82, 2.24) is 15.0 Å². The zero-order valence-electron chi connectivity index (χ0n) is 16.2. The minimum absolute atomic E-state index is 0.106. The molecule has 0 fully saturated rings. The molecule has 1 aliphatic heterocycles. The summed E-state index contributed by atoms with van der Waals surface area (Å²) in [5.74, 6) is -1.46. The number of rotatable bonds is 6. The lowest BCUT2D eigenvalue weighted by Crippen LogP contribution is -2.28. The van der Waals surface area contributed by atoms with Gasteiger partial charge in [-0.25, -0.2) is 4.79 Å². The lowest BCUT2D eigenvalue weighted by Gasteiger charge is -2.23. The Hall–Kier alpha value is -4.01. The molecule has 30 heavy (non-hydrogen) atoms. The maximum absolute atomic E-state index is 11.8. The van der Waals surface area contributed by atoms with Gasteiger partial charge in [0.15, 0.2) is 0 Å². The fourth-order valence-electron chi connectivity index (χ4n) is 3.58. The van der Waals surface area contributed by atoms with Crippen LogP contribution in [-0.2, 0) is 13.0 Å². The van der Waals surface area contributed by atoms with E-state index in [1.807, 2.05) is 48.2 Å². The molecule has 0 saturated heterocycles. The highest BCUT2D eigenvalue weighted by Crippen LogP contribution is 2.38. The van der Waals surface area contributed by atoms with Gasteiger partial charge in [0, 0.05) is 18.3 Å². The number of anilines is 3. The number of benzene rings is 2. The Balaban J connectivity index is 1.72. The number of hydrogen-bond acceptors (Lipinski definition) is 7. The summed E-state index contributed by atoms with van der Waals surface area (Å²) in [7, 11) is 0. The largest absolute Gasteiger partial charge is 0.478 e. The van der Waals surface area contributed by atoms with Gasteiger partial charge in [0.1, 0.15) is 0 Å². The molecule has 1 aromatic heterocycles. The fraction of sp³-hybridized carbons (Fsp3) is 0.190. The summed E-state index contributed by atoms with van der Waals surface area (Å²) in [4.78, 5) is 38.0. The van der Waals surface area contributed by atoms with Crippen molar-refractivity contribution in [3.63, 3.8) is 0 Å². The van der Waals surface area contributed by atoms with Gasteiger partial charge >= 0.3 is 5.97 Å². The first-order valence-corrected chi connectivity index (χ1v) is 9.42. The number of nitrogens with two attached hydrogens (primary N) is 1. The van der Waals surface area contributed by atoms with Gasteiger partial charge in [-0.3, -0.25) is 4.79 Å². The van der Waals surface area contributed by atoms with Crippen molar-refractivity contribution in [2.24, 2.45) is 5.73 Å². The summed E-state index contributed by atoms with van der Waals surface area (Å²) in [6.45, 7) is 2.40. The van der Waals surface area contributed by atoms with Crippen molar-refractivity contribution in [2.45, 2.75) is 25.9 Å². The van der Waals surface area contributed by atoms with Crippen LogP contribution in [0, 0.1) is 0 Å². The summed E-state index contributed by atoms with van der Waals surface area (Å²) in [5.41, 5.74) is 8.10. The van der Waals surface area contributed by atoms with Crippen molar-refractivity contribution < 1.29 is 14.7 Å². The van der Waals surface area contributed by atoms with Gasteiger partial charge in [0.05, 0.1) is 5.56 Å². The first kappa shape index (κ1) is 19.3. The van der Waals surface area contributed by atoms with E-state index in [4.69, 9.17) is 5.73 Å². The third-order valence-corrected chi connectivity index (χ3v) is 4.93. The maximum Gasteiger partial charge on any atom is 0.336 e. The first-order valence-electron chi connectivity index (χ1n) is 9.42. The zero-order chi connectivity index (χ0) is 21.3. The molecular weight excluding hydrogens is 384 g/mol. The van der Waals surface area contributed by atoms with Crippen LogP contribution in [-0.4, -0.2) is 38.0 Å². The summed E-state index contributed by atoms with van der Waals surface area (Å²) in [6.07, 6.45) is 0.516. The minimum atomic E-state index is -0.986. The Kier molecular flexibility index (Phi) is 5.01. The van der Waals surface area contributed by atoms with Crippen molar-refractivity contribution in [2.75, 3.05) is 10.2 Å². The molecule has 3 aromatic rings. The van der Waals surface area contributed by atoms with Gasteiger partial charge in [0.25, 0.3) is 5.91 Å². The molecule has 4 N–H and O–H groups in total. The second-order valence-electron chi connectivity index (χ2n) is 7.02. The Morgan fingerprint density at radius 3 is 2.60 bits per heavy atom. The number of fused-ring (bicyclic) bond motifs is 1. The van der Waals surface area contributed by atoms with Gasteiger partial charge < -0.3 is 21.1 Å². The Bertz CT molecular complexity index is 1120. The van der Waals surface area contributed by atoms with Crippen LogP contribution in [0.15, 0.2) is 48.5 Å². The van der Waals surface area contributed by atoms with Crippen molar-refractivity contribution in [3.05, 3.63) is 71.0 Å². The number of amides is 1. The molecule has 2 aromatic carbocycles. The monoisotopic (exact) mass is 404 g/mol. The standard InChI is InChI=1S/C21H20N6O3/c1-12-10-15-14(19(29)30)8-5-9-16(15)27(12)21-25-18(17(22)28)24-20(26-21)23-11-13-6-3-2-4-7-13/h2-9,12H,10-11H2,1H3,(H2,22,28)(H,29,30)(H,23,24,25,26). The third kappa shape index (κ3) is 3.64. The molecule has 0 spiro atoms. The van der Waals surface area contributed by atoms with Crippen LogP contribution >= 0.6 is 0 Å². The molecule has 0 saturated carbocycles. The number of carboxylic acids is 1. The summed E-state index contributed by atoms with van der Waals surface area (Å²) >= 11 is 0. The Morgan fingerprint density at radius 2 is 1.90 bits per heavy atom. The molecule has 1 atom stereocenters. The molecular formula is C21H20N6O3. The summed E-state index contributed by atoms with van der Waals surface area (Å²) in [5, 5.41) is 12.6. The Labute approximate surface area is 172 Å². The smallest absolute Gasteiger partial charge is 0.336 e. The fourth-order valence-corrected chi connectivity index (χ4v) is 3.58. The van der Waals surface area contributed by atoms with Crippen molar-refractivity contribution in [3.8, 4) is 0 Å². The normalized spacial score (nSPS) is 15.0. The van der Waals surface area contributed by atoms with E-state index in [1.165, 1.54) is 0 Å². The van der Waals surface area contributed by atoms with E-state index in [0.717, 1.165) is 5.56 Å². The van der Waals surface area contributed by atoms with Crippen LogP contribution in [0.3, 0.4) is 0 Å². The molecule has 152 valence electrons. The number of nitrogens with zero attached hydrogens (tertiary/aromatic N) is 4. The predicted octanol–water partition coefficient (Wildman–Crippen LogP) is 2.36. The molecule has 0 bridgehead atoms. The molecule has 1 amide bonds. The number of carbonyl (C=O) groups is 2. The second kappa shape index (κ2) is 7.78. The van der Waals surface area contributed by atoms with Crippen LogP contribution in [0.4, 0.5) is 17.6 Å². The summed E-state index contributed by atoms with van der Waals surface area (Å²) in [6, 6.07) is 14.6. The van der Waals surface area contributed by atoms with Gasteiger partial charge in [-0.05, 0) is 36.6 Å². The number of aromatic carboxylic acids is 1. The van der Waals surface area contributed by atoms with Gasteiger partial charge in [-0.1, -0.05) is 36.4 Å². The van der Waals surface area contributed by atoms with Crippen molar-refractivity contribution >= 4 is 29.5 Å². The molecule has 1 unspecified atom stereocenters. The van der Waals surface area contributed by atoms with E-state index in [1.54, 1.807) is 12.1 Å². The van der Waals surface area contributed by atoms with Gasteiger partial charge in [-0.2, -0.15) is 15.0 Å². The highest BCUT2D eigenvalue weighted by Gasteiger charge is 2.33. The van der Waals surface area contributed by atoms with E-state index < -0.39 is 11.9 Å². The second-order valence-corrected chi connectivity index (χ2v) is 7.02. The lowest BCUT2D eigenvalue weighted by molar-refractivity contribution is 0.0695. The number of hydrogen-bond donors (Lipinski definition) is 3. The van der Waals surface area contributed by atoms with Crippen LogP contribution in [0.1, 0.15) is 39.0 Å². The molecule has 2 heterocycles. The van der Waals surface area contributed by atoms with E-state index >= 15 is 0 Å². The van der Waals surface area contributed by atoms with Gasteiger partial charge in [0.2, 0.25) is 17.7 Å². The maximum atomic E-state index is 11.8. The molecule has 9 nitrogen and oxygen atoms in total. The minimum Gasteiger partial charge on any atom is -0.478 e. The SMILES string of the molecule is CC1Cc2c(C(=O)O)cccc2N1c1nc(NCc2ccccc2)nc(C(N)=O)n1. The highest BCUT2D eigenvalue weighted by molar-refractivity contribution is 5.93. The Morgan fingerprint density at radius 1 is 1.13 bits per heavy atom. The quantitative estimate of drug-likeness (QED) is 0.570. The predicted molar refractivity (Wildman–Crippen MR) is 111 cm³/mol. The number of aromatic nitrogens is 3. The van der Waals surface area contributed by atoms with Crippen LogP contribution in [0.25, 0.3) is 0 Å². The number of primary amides is 1. The number of carbonyl (C=O) groups excluding carboxylic acids is 1.